The topological polar surface area (TPSA) is 41.0 Å². The van der Waals surface area contributed by atoms with Crippen LogP contribution in [0.2, 0.25) is 0 Å². The van der Waals surface area contributed by atoms with E-state index in [2.05, 4.69) is 49.1 Å². The van der Waals surface area contributed by atoms with Gasteiger partial charge in [-0.1, -0.05) is 20.8 Å². The van der Waals surface area contributed by atoms with E-state index in [1.807, 2.05) is 0 Å². The Morgan fingerprint density at radius 1 is 1.30 bits per heavy atom. The van der Waals surface area contributed by atoms with Gasteiger partial charge in [0.05, 0.1) is 0 Å². The van der Waals surface area contributed by atoms with E-state index in [4.69, 9.17) is 4.98 Å². The van der Waals surface area contributed by atoms with Crippen molar-refractivity contribution in [2.75, 3.05) is 30.4 Å². The van der Waals surface area contributed by atoms with Gasteiger partial charge in [-0.15, -0.1) is 0 Å². The van der Waals surface area contributed by atoms with Gasteiger partial charge in [-0.05, 0) is 31.1 Å². The molecule has 0 bridgehead atoms. The largest absolute Gasteiger partial charge is 0.370 e. The summed E-state index contributed by atoms with van der Waals surface area (Å²) in [5.41, 5.74) is 0. The van der Waals surface area contributed by atoms with Crippen molar-refractivity contribution >= 4 is 11.6 Å². The van der Waals surface area contributed by atoms with Crippen molar-refractivity contribution in [3.63, 3.8) is 0 Å². The number of nitrogens with zero attached hydrogens (tertiary/aromatic N) is 3. The van der Waals surface area contributed by atoms with Crippen LogP contribution in [0.4, 0.5) is 11.6 Å². The van der Waals surface area contributed by atoms with Crippen LogP contribution < -0.4 is 10.2 Å². The van der Waals surface area contributed by atoms with Gasteiger partial charge in [0, 0.05) is 32.6 Å². The van der Waals surface area contributed by atoms with E-state index in [0.29, 0.717) is 0 Å². The zero-order chi connectivity index (χ0) is 14.5. The molecule has 1 aliphatic rings. The molecule has 1 saturated carbocycles. The molecule has 4 nitrogen and oxygen atoms in total. The van der Waals surface area contributed by atoms with E-state index in [1.54, 1.807) is 0 Å². The van der Waals surface area contributed by atoms with Gasteiger partial charge >= 0.3 is 0 Å². The molecule has 4 heteroatoms. The lowest BCUT2D eigenvalue weighted by molar-refractivity contribution is 0.714. The molecule has 1 aromatic rings. The van der Waals surface area contributed by atoms with E-state index in [-0.39, 0.29) is 0 Å². The van der Waals surface area contributed by atoms with Crippen molar-refractivity contribution in [3.05, 3.63) is 11.9 Å². The maximum Gasteiger partial charge on any atom is 0.134 e. The van der Waals surface area contributed by atoms with Gasteiger partial charge in [0.25, 0.3) is 0 Å². The number of hydrogen-bond acceptors (Lipinski definition) is 4. The van der Waals surface area contributed by atoms with Gasteiger partial charge in [0.15, 0.2) is 0 Å². The van der Waals surface area contributed by atoms with Crippen LogP contribution in [0.5, 0.6) is 0 Å². The quantitative estimate of drug-likeness (QED) is 0.790. The standard InChI is InChI=1S/C16H28N4/c1-5-7-14-18-15(17-8-6-2)10-16(19-14)20(4)11-13-9-12(13)3/h10,12-13H,5-9,11H2,1-4H3,(H,17,18,19). The van der Waals surface area contributed by atoms with E-state index >= 15 is 0 Å². The van der Waals surface area contributed by atoms with E-state index in [0.717, 1.165) is 61.6 Å². The van der Waals surface area contributed by atoms with Crippen LogP contribution in [0.3, 0.4) is 0 Å². The van der Waals surface area contributed by atoms with Gasteiger partial charge < -0.3 is 10.2 Å². The summed E-state index contributed by atoms with van der Waals surface area (Å²) in [4.78, 5) is 11.6. The molecule has 2 rings (SSSR count). The lowest BCUT2D eigenvalue weighted by Crippen LogP contribution is -2.22. The first kappa shape index (κ1) is 15.1. The van der Waals surface area contributed by atoms with Gasteiger partial charge in [0.1, 0.15) is 17.5 Å². The van der Waals surface area contributed by atoms with Crippen LogP contribution in [-0.4, -0.2) is 30.1 Å². The SMILES string of the molecule is CCCNc1cc(N(C)CC2CC2C)nc(CCC)n1. The summed E-state index contributed by atoms with van der Waals surface area (Å²) in [7, 11) is 2.15. The third-order valence-corrected chi connectivity index (χ3v) is 3.96. The van der Waals surface area contributed by atoms with Crippen molar-refractivity contribution in [1.82, 2.24) is 9.97 Å². The molecule has 0 saturated heterocycles. The van der Waals surface area contributed by atoms with Crippen molar-refractivity contribution < 1.29 is 0 Å². The molecule has 1 N–H and O–H groups in total. The third-order valence-electron chi connectivity index (χ3n) is 3.96. The highest BCUT2D eigenvalue weighted by Crippen LogP contribution is 2.38. The van der Waals surface area contributed by atoms with Crippen molar-refractivity contribution in [2.45, 2.75) is 46.5 Å². The number of hydrogen-bond donors (Lipinski definition) is 1. The number of rotatable bonds is 8. The molecule has 1 fully saturated rings. The van der Waals surface area contributed by atoms with Gasteiger partial charge in [0.2, 0.25) is 0 Å². The van der Waals surface area contributed by atoms with Crippen LogP contribution in [0.15, 0.2) is 6.07 Å². The first-order valence-corrected chi connectivity index (χ1v) is 7.97. The minimum atomic E-state index is 0.844. The maximum atomic E-state index is 4.71. The molecule has 1 heterocycles. The Labute approximate surface area is 123 Å². The monoisotopic (exact) mass is 276 g/mol. The van der Waals surface area contributed by atoms with Crippen LogP contribution in [-0.2, 0) is 6.42 Å². The molecule has 1 aliphatic carbocycles. The number of aromatic nitrogens is 2. The molecular formula is C16H28N4. The Morgan fingerprint density at radius 2 is 2.05 bits per heavy atom. The Balaban J connectivity index is 2.09. The number of anilines is 2. The highest BCUT2D eigenvalue weighted by Gasteiger charge is 2.33. The van der Waals surface area contributed by atoms with Gasteiger partial charge in [-0.25, -0.2) is 9.97 Å². The molecule has 0 radical (unpaired) electrons. The molecule has 20 heavy (non-hydrogen) atoms. The second kappa shape index (κ2) is 6.91. The third kappa shape index (κ3) is 4.09. The van der Waals surface area contributed by atoms with Crippen LogP contribution in [0.25, 0.3) is 0 Å². The van der Waals surface area contributed by atoms with Crippen LogP contribution in [0, 0.1) is 11.8 Å². The summed E-state index contributed by atoms with van der Waals surface area (Å²) in [5, 5.41) is 3.39. The van der Waals surface area contributed by atoms with Crippen molar-refractivity contribution in [2.24, 2.45) is 11.8 Å². The Morgan fingerprint density at radius 3 is 2.65 bits per heavy atom. The maximum absolute atomic E-state index is 4.71. The zero-order valence-electron chi connectivity index (χ0n) is 13.3. The van der Waals surface area contributed by atoms with E-state index in [1.165, 1.54) is 6.42 Å². The number of nitrogens with one attached hydrogen (secondary N) is 1. The summed E-state index contributed by atoms with van der Waals surface area (Å²) < 4.78 is 0. The highest BCUT2D eigenvalue weighted by atomic mass is 15.2. The van der Waals surface area contributed by atoms with Crippen LogP contribution >= 0.6 is 0 Å². The average molecular weight is 276 g/mol. The molecule has 112 valence electrons. The predicted molar refractivity (Wildman–Crippen MR) is 85.3 cm³/mol. The minimum absolute atomic E-state index is 0.844. The van der Waals surface area contributed by atoms with Gasteiger partial charge in [-0.2, -0.15) is 0 Å². The van der Waals surface area contributed by atoms with Crippen molar-refractivity contribution in [3.8, 4) is 0 Å². The Hall–Kier alpha value is -1.32. The molecule has 2 atom stereocenters. The molecule has 2 unspecified atom stereocenters. The van der Waals surface area contributed by atoms with E-state index in [9.17, 15) is 0 Å². The second-order valence-electron chi connectivity index (χ2n) is 6.06. The number of aryl methyl sites for hydroxylation is 1. The molecule has 0 spiro atoms. The summed E-state index contributed by atoms with van der Waals surface area (Å²) in [6.45, 7) is 8.74. The first-order chi connectivity index (χ1) is 9.63. The second-order valence-corrected chi connectivity index (χ2v) is 6.06. The van der Waals surface area contributed by atoms with Crippen molar-refractivity contribution in [1.29, 1.82) is 0 Å². The first-order valence-electron chi connectivity index (χ1n) is 7.97. The molecular weight excluding hydrogens is 248 g/mol. The average Bonchev–Trinajstić information content (AvgIpc) is 3.12. The molecule has 0 amide bonds. The van der Waals surface area contributed by atoms with E-state index < -0.39 is 0 Å². The summed E-state index contributed by atoms with van der Waals surface area (Å²) in [6, 6.07) is 2.09. The lowest BCUT2D eigenvalue weighted by atomic mass is 10.3. The molecule has 1 aromatic heterocycles. The fraction of sp³-hybridized carbons (Fsp3) is 0.750. The summed E-state index contributed by atoms with van der Waals surface area (Å²) in [6.07, 6.45) is 4.50. The zero-order valence-corrected chi connectivity index (χ0v) is 13.3. The molecule has 0 aliphatic heterocycles. The van der Waals surface area contributed by atoms with Gasteiger partial charge in [-0.3, -0.25) is 0 Å². The predicted octanol–water partition coefficient (Wildman–Crippen LogP) is 3.34. The van der Waals surface area contributed by atoms with Crippen LogP contribution in [0.1, 0.15) is 45.9 Å². The Kier molecular flexibility index (Phi) is 5.21. The highest BCUT2D eigenvalue weighted by molar-refractivity contribution is 5.49. The fourth-order valence-corrected chi connectivity index (χ4v) is 2.46. The fourth-order valence-electron chi connectivity index (χ4n) is 2.46. The lowest BCUT2D eigenvalue weighted by Gasteiger charge is -2.20. The molecule has 0 aromatic carbocycles. The normalized spacial score (nSPS) is 20.8. The summed E-state index contributed by atoms with van der Waals surface area (Å²) in [5.74, 6) is 4.71. The minimum Gasteiger partial charge on any atom is -0.370 e. The Bertz CT molecular complexity index is 432. The summed E-state index contributed by atoms with van der Waals surface area (Å²) >= 11 is 0. The smallest absolute Gasteiger partial charge is 0.134 e.